The highest BCUT2D eigenvalue weighted by Crippen LogP contribution is 2.32. The second-order valence-corrected chi connectivity index (χ2v) is 3.22. The zero-order valence-electron chi connectivity index (χ0n) is 8.92. The van der Waals surface area contributed by atoms with Gasteiger partial charge in [-0.05, 0) is 6.07 Å². The largest absolute Gasteiger partial charge is 0.479 e. The molecule has 0 bridgehead atoms. The van der Waals surface area contributed by atoms with Gasteiger partial charge < -0.3 is 14.9 Å². The first-order valence-corrected chi connectivity index (χ1v) is 4.57. The molecule has 0 radical (unpaired) electrons. The first-order chi connectivity index (χ1) is 8.73. The number of aliphatic carboxylic acids is 1. The molecular weight excluding hydrogens is 275 g/mol. The van der Waals surface area contributed by atoms with Crippen molar-refractivity contribution in [3.05, 3.63) is 33.6 Å². The minimum atomic E-state index is -3.41. The third kappa shape index (κ3) is 3.31. The third-order valence-electron chi connectivity index (χ3n) is 2.02. The molecule has 0 fully saturated rings. The van der Waals surface area contributed by atoms with Crippen LogP contribution < -0.4 is 4.74 Å². The molecule has 2 N–H and O–H groups in total. The lowest BCUT2D eigenvalue weighted by atomic mass is 10.1. The standard InChI is InChI=1S/C9H6F3NO6/c10-4-1-3(7(14)8(15)16)5(13(17)18)2-6(4)19-9(11)12/h1-2,7,9,14H,(H,15,16). The van der Waals surface area contributed by atoms with Gasteiger partial charge in [-0.1, -0.05) is 0 Å². The normalized spacial score (nSPS) is 12.3. The van der Waals surface area contributed by atoms with Crippen molar-refractivity contribution < 1.29 is 37.8 Å². The molecule has 19 heavy (non-hydrogen) atoms. The van der Waals surface area contributed by atoms with E-state index in [1.807, 2.05) is 0 Å². The number of halogens is 3. The molecule has 1 unspecified atom stereocenters. The number of nitro benzene ring substituents is 1. The number of benzene rings is 1. The Morgan fingerprint density at radius 3 is 2.42 bits per heavy atom. The average molecular weight is 281 g/mol. The lowest BCUT2D eigenvalue weighted by molar-refractivity contribution is -0.386. The molecule has 0 aliphatic carbocycles. The van der Waals surface area contributed by atoms with Crippen LogP contribution in [-0.2, 0) is 4.79 Å². The van der Waals surface area contributed by atoms with E-state index in [1.54, 1.807) is 0 Å². The Bertz CT molecular complexity index is 521. The molecule has 0 aliphatic rings. The summed E-state index contributed by atoms with van der Waals surface area (Å²) in [5, 5.41) is 28.3. The van der Waals surface area contributed by atoms with Gasteiger partial charge in [0.2, 0.25) is 0 Å². The number of aliphatic hydroxyl groups is 1. The predicted molar refractivity (Wildman–Crippen MR) is 52.3 cm³/mol. The highest BCUT2D eigenvalue weighted by molar-refractivity contribution is 5.76. The van der Waals surface area contributed by atoms with Crippen LogP contribution in [0.2, 0.25) is 0 Å². The summed E-state index contributed by atoms with van der Waals surface area (Å²) < 4.78 is 40.8. The topological polar surface area (TPSA) is 110 Å². The predicted octanol–water partition coefficient (Wildman–Crippen LogP) is 1.45. The van der Waals surface area contributed by atoms with E-state index in [0.29, 0.717) is 0 Å². The summed E-state index contributed by atoms with van der Waals surface area (Å²) in [5.41, 5.74) is -1.93. The first-order valence-electron chi connectivity index (χ1n) is 4.57. The Morgan fingerprint density at radius 1 is 1.42 bits per heavy atom. The SMILES string of the molecule is O=C(O)C(O)c1cc(F)c(OC(F)F)cc1[N+](=O)[O-]. The summed E-state index contributed by atoms with van der Waals surface area (Å²) >= 11 is 0. The Labute approximate surface area is 103 Å². The van der Waals surface area contributed by atoms with Crippen LogP contribution in [-0.4, -0.2) is 27.7 Å². The molecule has 0 amide bonds. The van der Waals surface area contributed by atoms with Gasteiger partial charge in [0, 0.05) is 0 Å². The fraction of sp³-hybridized carbons (Fsp3) is 0.222. The van der Waals surface area contributed by atoms with Gasteiger partial charge in [0.25, 0.3) is 5.69 Å². The fourth-order valence-electron chi connectivity index (χ4n) is 1.25. The van der Waals surface area contributed by atoms with E-state index in [-0.39, 0.29) is 12.1 Å². The lowest BCUT2D eigenvalue weighted by Crippen LogP contribution is -2.14. The van der Waals surface area contributed by atoms with E-state index in [0.717, 1.165) is 0 Å². The van der Waals surface area contributed by atoms with Crippen LogP contribution >= 0.6 is 0 Å². The summed E-state index contributed by atoms with van der Waals surface area (Å²) in [6, 6.07) is 0.539. The van der Waals surface area contributed by atoms with E-state index in [1.165, 1.54) is 0 Å². The number of rotatable bonds is 5. The number of ether oxygens (including phenoxy) is 1. The number of alkyl halides is 2. The molecule has 10 heteroatoms. The molecule has 0 spiro atoms. The zero-order valence-corrected chi connectivity index (χ0v) is 8.92. The smallest absolute Gasteiger partial charge is 0.387 e. The van der Waals surface area contributed by atoms with Crippen molar-refractivity contribution in [3.8, 4) is 5.75 Å². The number of carboxylic acid groups (broad SMARTS) is 1. The van der Waals surface area contributed by atoms with Crippen molar-refractivity contribution >= 4 is 11.7 Å². The Kier molecular flexibility index (Phi) is 4.27. The van der Waals surface area contributed by atoms with Crippen molar-refractivity contribution in [2.75, 3.05) is 0 Å². The van der Waals surface area contributed by atoms with Crippen molar-refractivity contribution in [2.45, 2.75) is 12.7 Å². The van der Waals surface area contributed by atoms with Gasteiger partial charge in [0.1, 0.15) is 0 Å². The summed E-state index contributed by atoms with van der Waals surface area (Å²) in [6.07, 6.45) is -2.37. The molecule has 1 rings (SSSR count). The Morgan fingerprint density at radius 2 is 2.00 bits per heavy atom. The van der Waals surface area contributed by atoms with Gasteiger partial charge in [-0.15, -0.1) is 0 Å². The maximum Gasteiger partial charge on any atom is 0.387 e. The van der Waals surface area contributed by atoms with Crippen LogP contribution in [0.5, 0.6) is 5.75 Å². The number of carboxylic acids is 1. The highest BCUT2D eigenvalue weighted by atomic mass is 19.3. The van der Waals surface area contributed by atoms with Crippen LogP contribution in [0.3, 0.4) is 0 Å². The number of nitrogens with zero attached hydrogens (tertiary/aromatic N) is 1. The summed E-state index contributed by atoms with van der Waals surface area (Å²) in [7, 11) is 0. The summed E-state index contributed by atoms with van der Waals surface area (Å²) in [6.45, 7) is -3.41. The molecule has 0 heterocycles. The number of hydrogen-bond acceptors (Lipinski definition) is 5. The number of nitro groups is 1. The number of hydrogen-bond donors (Lipinski definition) is 2. The molecule has 1 aromatic carbocycles. The minimum Gasteiger partial charge on any atom is -0.479 e. The highest BCUT2D eigenvalue weighted by Gasteiger charge is 2.29. The van der Waals surface area contributed by atoms with E-state index in [4.69, 9.17) is 10.2 Å². The van der Waals surface area contributed by atoms with Crippen molar-refractivity contribution in [1.82, 2.24) is 0 Å². The van der Waals surface area contributed by atoms with Gasteiger partial charge in [-0.2, -0.15) is 8.78 Å². The quantitative estimate of drug-likeness (QED) is 0.624. The van der Waals surface area contributed by atoms with Crippen LogP contribution in [0.1, 0.15) is 11.7 Å². The molecule has 1 atom stereocenters. The zero-order chi connectivity index (χ0) is 14.7. The molecule has 0 saturated heterocycles. The minimum absolute atomic E-state index is 0.259. The van der Waals surface area contributed by atoms with E-state index in [2.05, 4.69) is 4.74 Å². The lowest BCUT2D eigenvalue weighted by Gasteiger charge is -2.10. The molecule has 0 aromatic heterocycles. The van der Waals surface area contributed by atoms with Crippen LogP contribution in [0.15, 0.2) is 12.1 Å². The van der Waals surface area contributed by atoms with Gasteiger partial charge in [0.05, 0.1) is 16.6 Å². The molecular formula is C9H6F3NO6. The summed E-state index contributed by atoms with van der Waals surface area (Å²) in [5.74, 6) is -4.44. The van der Waals surface area contributed by atoms with Crippen molar-refractivity contribution in [3.63, 3.8) is 0 Å². The number of aliphatic hydroxyl groups excluding tert-OH is 1. The van der Waals surface area contributed by atoms with Crippen LogP contribution in [0.25, 0.3) is 0 Å². The monoisotopic (exact) mass is 281 g/mol. The van der Waals surface area contributed by atoms with Gasteiger partial charge in [0.15, 0.2) is 17.7 Å². The summed E-state index contributed by atoms with van der Waals surface area (Å²) in [4.78, 5) is 20.0. The maximum atomic E-state index is 13.3. The van der Waals surface area contributed by atoms with E-state index in [9.17, 15) is 28.1 Å². The van der Waals surface area contributed by atoms with Crippen molar-refractivity contribution in [2.24, 2.45) is 0 Å². The molecule has 0 aliphatic heterocycles. The molecule has 104 valence electrons. The fourth-order valence-corrected chi connectivity index (χ4v) is 1.25. The molecule has 7 nitrogen and oxygen atoms in total. The van der Waals surface area contributed by atoms with Gasteiger partial charge in [-0.25, -0.2) is 9.18 Å². The van der Waals surface area contributed by atoms with E-state index < -0.39 is 46.4 Å². The van der Waals surface area contributed by atoms with Crippen molar-refractivity contribution in [1.29, 1.82) is 0 Å². The van der Waals surface area contributed by atoms with Gasteiger partial charge >= 0.3 is 12.6 Å². The second-order valence-electron chi connectivity index (χ2n) is 3.22. The third-order valence-corrected chi connectivity index (χ3v) is 2.02. The van der Waals surface area contributed by atoms with Crippen LogP contribution in [0.4, 0.5) is 18.9 Å². The Balaban J connectivity index is 3.37. The van der Waals surface area contributed by atoms with E-state index >= 15 is 0 Å². The molecule has 0 saturated carbocycles. The molecule has 1 aromatic rings. The Hall–Kier alpha value is -2.36. The number of carbonyl (C=O) groups is 1. The second kappa shape index (κ2) is 5.52. The average Bonchev–Trinajstić information content (AvgIpc) is 2.29. The van der Waals surface area contributed by atoms with Gasteiger partial charge in [-0.3, -0.25) is 10.1 Å². The maximum absolute atomic E-state index is 13.3. The van der Waals surface area contributed by atoms with Crippen LogP contribution in [0, 0.1) is 15.9 Å². The first kappa shape index (κ1) is 14.7.